The molecule has 0 amide bonds. The molecule has 0 bridgehead atoms. The van der Waals surface area contributed by atoms with E-state index in [4.69, 9.17) is 34.8 Å². The van der Waals surface area contributed by atoms with Crippen molar-refractivity contribution in [3.8, 4) is 0 Å². The summed E-state index contributed by atoms with van der Waals surface area (Å²) >= 11 is 14.5. The van der Waals surface area contributed by atoms with Crippen molar-refractivity contribution < 1.29 is 17.6 Å². The van der Waals surface area contributed by atoms with Crippen molar-refractivity contribution in [2.75, 3.05) is 0 Å². The molecule has 0 aromatic carbocycles. The molecule has 0 aliphatic heterocycles. The van der Waals surface area contributed by atoms with Gasteiger partial charge in [-0.1, -0.05) is 48.0 Å². The molecule has 0 N–H and O–H groups in total. The molecule has 0 atom stereocenters. The molecule has 0 nitrogen and oxygen atoms in total. The quantitative estimate of drug-likeness (QED) is 0.518. The Labute approximate surface area is 88.1 Å². The van der Waals surface area contributed by atoms with Gasteiger partial charge in [-0.25, -0.2) is 0 Å². The molecule has 0 saturated carbocycles. The number of hydrogen-bond donors (Lipinski definition) is 0. The average molecular weight is 259 g/mol. The molecule has 0 heterocycles. The summed E-state index contributed by atoms with van der Waals surface area (Å²) < 4.78 is 41.3. The minimum atomic E-state index is -2.91. The molecule has 0 aliphatic carbocycles. The summed E-state index contributed by atoms with van der Waals surface area (Å²) in [5.74, 6) is 0. The zero-order chi connectivity index (χ0) is 11.4. The van der Waals surface area contributed by atoms with Gasteiger partial charge < -0.3 is 0 Å². The molecule has 0 rings (SSSR count). The zero-order valence-electron chi connectivity index (χ0n) is 6.14. The summed E-state index contributed by atoms with van der Waals surface area (Å²) in [6, 6.07) is 0. The topological polar surface area (TPSA) is 0 Å². The largest absolute Gasteiger partial charge is 0.334 e. The van der Waals surface area contributed by atoms with Gasteiger partial charge in [0.2, 0.25) is 0 Å². The van der Waals surface area contributed by atoms with E-state index in [-0.39, 0.29) is 4.49 Å². The SMILES string of the molecule is C=C(Cl)Cl.C=CCl.FC(F)=C(F)F. The van der Waals surface area contributed by atoms with E-state index in [0.29, 0.717) is 0 Å². The van der Waals surface area contributed by atoms with Crippen molar-refractivity contribution in [3.63, 3.8) is 0 Å². The Morgan fingerprint density at radius 2 is 1.08 bits per heavy atom. The van der Waals surface area contributed by atoms with Crippen molar-refractivity contribution in [1.29, 1.82) is 0 Å². The van der Waals surface area contributed by atoms with Crippen LogP contribution in [-0.2, 0) is 0 Å². The molecule has 13 heavy (non-hydrogen) atoms. The normalized spacial score (nSPS) is 6.69. The second-order valence-electron chi connectivity index (χ2n) is 1.01. The third kappa shape index (κ3) is 78.3. The van der Waals surface area contributed by atoms with E-state index in [0.717, 1.165) is 0 Å². The fourth-order valence-electron chi connectivity index (χ4n) is 0. The molecule has 7 heteroatoms. The Morgan fingerprint density at radius 3 is 1.08 bits per heavy atom. The van der Waals surface area contributed by atoms with E-state index < -0.39 is 12.2 Å². The maximum absolute atomic E-state index is 10.3. The highest BCUT2D eigenvalue weighted by Crippen LogP contribution is 2.08. The predicted molar refractivity (Wildman–Crippen MR) is 48.4 cm³/mol. The van der Waals surface area contributed by atoms with Gasteiger partial charge >= 0.3 is 12.2 Å². The van der Waals surface area contributed by atoms with Crippen LogP contribution in [0.15, 0.2) is 35.3 Å². The first-order valence-corrected chi connectivity index (χ1v) is 3.56. The maximum atomic E-state index is 10.3. The Hall–Kier alpha value is -0.190. The van der Waals surface area contributed by atoms with Gasteiger partial charge in [0.1, 0.15) is 0 Å². The van der Waals surface area contributed by atoms with E-state index >= 15 is 0 Å². The Morgan fingerprint density at radius 1 is 1.00 bits per heavy atom. The number of halogens is 7. The fraction of sp³-hybridized carbons (Fsp3) is 0. The zero-order valence-corrected chi connectivity index (χ0v) is 8.41. The average Bonchev–Trinajstić information content (AvgIpc) is 1.87. The monoisotopic (exact) mass is 258 g/mol. The van der Waals surface area contributed by atoms with Crippen molar-refractivity contribution in [3.05, 3.63) is 35.3 Å². The molecule has 78 valence electrons. The molecule has 0 aromatic rings. The predicted octanol–water partition coefficient (Wildman–Crippen LogP) is 5.29. The molecule has 0 saturated heterocycles. The van der Waals surface area contributed by atoms with Crippen LogP contribution in [0.1, 0.15) is 0 Å². The molecular weight excluding hydrogens is 254 g/mol. The molecular formula is C6H5Cl3F4. The third-order valence-corrected chi connectivity index (χ3v) is 0.143. The van der Waals surface area contributed by atoms with Gasteiger partial charge in [0.05, 0.1) is 4.49 Å². The number of rotatable bonds is 0. The van der Waals surface area contributed by atoms with E-state index in [1.807, 2.05) is 0 Å². The second-order valence-corrected chi connectivity index (χ2v) is 2.43. The summed E-state index contributed by atoms with van der Waals surface area (Å²) in [5, 5.41) is 0. The Balaban J connectivity index is -0.000000125. The van der Waals surface area contributed by atoms with Gasteiger partial charge in [-0.2, -0.15) is 17.6 Å². The van der Waals surface area contributed by atoms with E-state index in [9.17, 15) is 17.6 Å². The second kappa shape index (κ2) is 14.3. The summed E-state index contributed by atoms with van der Waals surface area (Å²) in [6.45, 7) is 6.21. The molecule has 0 aliphatic rings. The van der Waals surface area contributed by atoms with Gasteiger partial charge in [-0.05, 0) is 5.54 Å². The highest BCUT2D eigenvalue weighted by atomic mass is 35.5. The van der Waals surface area contributed by atoms with Crippen molar-refractivity contribution >= 4 is 34.8 Å². The molecule has 0 spiro atoms. The van der Waals surface area contributed by atoms with Crippen LogP contribution in [-0.4, -0.2) is 0 Å². The van der Waals surface area contributed by atoms with Gasteiger partial charge in [0.15, 0.2) is 0 Å². The van der Waals surface area contributed by atoms with Crippen LogP contribution in [0, 0.1) is 0 Å². The molecule has 0 unspecified atom stereocenters. The minimum Gasteiger partial charge on any atom is -0.167 e. The minimum absolute atomic E-state index is 0.111. The first-order valence-electron chi connectivity index (χ1n) is 2.36. The van der Waals surface area contributed by atoms with Crippen molar-refractivity contribution in [2.24, 2.45) is 0 Å². The van der Waals surface area contributed by atoms with E-state index in [2.05, 4.69) is 13.2 Å². The van der Waals surface area contributed by atoms with Gasteiger partial charge in [-0.3, -0.25) is 0 Å². The van der Waals surface area contributed by atoms with Crippen LogP contribution < -0.4 is 0 Å². The Bertz CT molecular complexity index is 157. The summed E-state index contributed by atoms with van der Waals surface area (Å²) in [4.78, 5) is 0. The van der Waals surface area contributed by atoms with Crippen LogP contribution in [0.4, 0.5) is 17.6 Å². The standard InChI is InChI=1S/C2H2Cl2.C2H3Cl.C2F4/c1-2(3)4;1-2-3;3-1(4)2(5)6/h1H2;2H,1H2;. The lowest BCUT2D eigenvalue weighted by Crippen LogP contribution is -1.56. The van der Waals surface area contributed by atoms with Crippen LogP contribution in [0.3, 0.4) is 0 Å². The highest BCUT2D eigenvalue weighted by Gasteiger charge is 1.98. The summed E-state index contributed by atoms with van der Waals surface area (Å²) in [6.07, 6.45) is -5.81. The summed E-state index contributed by atoms with van der Waals surface area (Å²) in [5.41, 5.74) is 1.22. The van der Waals surface area contributed by atoms with E-state index in [1.54, 1.807) is 0 Å². The lowest BCUT2D eigenvalue weighted by molar-refractivity contribution is 0.308. The highest BCUT2D eigenvalue weighted by molar-refractivity contribution is 6.55. The third-order valence-electron chi connectivity index (χ3n) is 0.143. The first-order chi connectivity index (χ1) is 5.79. The molecule has 0 fully saturated rings. The van der Waals surface area contributed by atoms with Crippen molar-refractivity contribution in [1.82, 2.24) is 0 Å². The molecule has 0 radical (unpaired) electrons. The Kier molecular flexibility index (Phi) is 20.5. The smallest absolute Gasteiger partial charge is 0.167 e. The number of hydrogen-bond acceptors (Lipinski definition) is 0. The van der Waals surface area contributed by atoms with E-state index in [1.165, 1.54) is 5.54 Å². The van der Waals surface area contributed by atoms with Gasteiger partial charge in [0.25, 0.3) is 0 Å². The maximum Gasteiger partial charge on any atom is 0.334 e. The lowest BCUT2D eigenvalue weighted by Gasteiger charge is -1.69. The first kappa shape index (κ1) is 18.6. The summed E-state index contributed by atoms with van der Waals surface area (Å²) in [7, 11) is 0. The van der Waals surface area contributed by atoms with Crippen LogP contribution in [0.25, 0.3) is 0 Å². The van der Waals surface area contributed by atoms with Crippen molar-refractivity contribution in [2.45, 2.75) is 0 Å². The van der Waals surface area contributed by atoms with Crippen LogP contribution >= 0.6 is 34.8 Å². The molecule has 0 aromatic heterocycles. The fourth-order valence-corrected chi connectivity index (χ4v) is 0. The van der Waals surface area contributed by atoms with Gasteiger partial charge in [0, 0.05) is 0 Å². The van der Waals surface area contributed by atoms with Crippen LogP contribution in [0.2, 0.25) is 0 Å². The van der Waals surface area contributed by atoms with Crippen LogP contribution in [0.5, 0.6) is 0 Å². The van der Waals surface area contributed by atoms with Gasteiger partial charge in [-0.15, -0.1) is 0 Å². The lowest BCUT2D eigenvalue weighted by atomic mass is 11.1.